The third-order valence-electron chi connectivity index (χ3n) is 6.03. The lowest BCUT2D eigenvalue weighted by Crippen LogP contribution is -2.55. The Labute approximate surface area is 152 Å². The summed E-state index contributed by atoms with van der Waals surface area (Å²) in [7, 11) is 0. The van der Waals surface area contributed by atoms with E-state index >= 15 is 0 Å². The minimum absolute atomic E-state index is 0.00815. The van der Waals surface area contributed by atoms with Gasteiger partial charge in [-0.25, -0.2) is 4.39 Å². The van der Waals surface area contributed by atoms with Crippen molar-refractivity contribution < 1.29 is 18.7 Å². The van der Waals surface area contributed by atoms with Crippen molar-refractivity contribution in [2.24, 2.45) is 17.8 Å². The highest BCUT2D eigenvalue weighted by atomic mass is 19.1. The molecule has 3 heterocycles. The van der Waals surface area contributed by atoms with Crippen LogP contribution in [0.3, 0.4) is 0 Å². The first kappa shape index (κ1) is 17.4. The van der Waals surface area contributed by atoms with Crippen LogP contribution in [0.25, 0.3) is 0 Å². The minimum Gasteiger partial charge on any atom is -0.381 e. The molecule has 140 valence electrons. The number of hydrogen-bond acceptors (Lipinski definition) is 4. The Hall–Kier alpha value is -2.02. The molecule has 7 heteroatoms. The molecule has 0 spiro atoms. The van der Waals surface area contributed by atoms with Crippen LogP contribution < -0.4 is 5.32 Å². The summed E-state index contributed by atoms with van der Waals surface area (Å²) < 4.78 is 19.1. The SMILES string of the molecule is O=C(NC1[C@@H]2CC[C@H]1CN(C(=O)C1CCOCC1)C2)c1ccncc1F. The molecule has 0 aromatic carbocycles. The minimum atomic E-state index is -0.607. The second-order valence-corrected chi connectivity index (χ2v) is 7.58. The van der Waals surface area contributed by atoms with Gasteiger partial charge in [-0.2, -0.15) is 0 Å². The molecule has 6 nitrogen and oxygen atoms in total. The van der Waals surface area contributed by atoms with Crippen molar-refractivity contribution in [3.05, 3.63) is 29.8 Å². The molecule has 0 radical (unpaired) electrons. The van der Waals surface area contributed by atoms with Crippen molar-refractivity contribution in [3.8, 4) is 0 Å². The molecule has 2 saturated heterocycles. The van der Waals surface area contributed by atoms with E-state index in [1.807, 2.05) is 4.90 Å². The highest BCUT2D eigenvalue weighted by molar-refractivity contribution is 5.94. The zero-order valence-electron chi connectivity index (χ0n) is 14.7. The van der Waals surface area contributed by atoms with Gasteiger partial charge in [-0.1, -0.05) is 0 Å². The molecule has 1 N–H and O–H groups in total. The van der Waals surface area contributed by atoms with Crippen LogP contribution in [-0.4, -0.2) is 54.0 Å². The summed E-state index contributed by atoms with van der Waals surface area (Å²) in [5.74, 6) is -0.214. The van der Waals surface area contributed by atoms with Crippen molar-refractivity contribution in [2.75, 3.05) is 26.3 Å². The number of likely N-dealkylation sites (tertiary alicyclic amines) is 1. The van der Waals surface area contributed by atoms with Gasteiger partial charge in [-0.3, -0.25) is 14.6 Å². The second kappa shape index (κ2) is 7.31. The summed E-state index contributed by atoms with van der Waals surface area (Å²) in [5.41, 5.74) is 0.0279. The molecule has 1 unspecified atom stereocenters. The summed E-state index contributed by atoms with van der Waals surface area (Å²) in [5, 5.41) is 3.01. The molecule has 2 bridgehead atoms. The molecule has 1 aromatic rings. The topological polar surface area (TPSA) is 71.5 Å². The van der Waals surface area contributed by atoms with Crippen LogP contribution in [0.15, 0.2) is 18.5 Å². The van der Waals surface area contributed by atoms with Gasteiger partial charge in [0, 0.05) is 44.5 Å². The first-order valence-corrected chi connectivity index (χ1v) is 9.40. The van der Waals surface area contributed by atoms with Crippen molar-refractivity contribution in [1.82, 2.24) is 15.2 Å². The monoisotopic (exact) mass is 361 g/mol. The fraction of sp³-hybridized carbons (Fsp3) is 0.632. The summed E-state index contributed by atoms with van der Waals surface area (Å²) in [6, 6.07) is 1.41. The van der Waals surface area contributed by atoms with Gasteiger partial charge in [0.1, 0.15) is 0 Å². The summed E-state index contributed by atoms with van der Waals surface area (Å²) >= 11 is 0. The maximum atomic E-state index is 13.8. The van der Waals surface area contributed by atoms with Crippen molar-refractivity contribution in [2.45, 2.75) is 31.7 Å². The lowest BCUT2D eigenvalue weighted by atomic mass is 9.89. The van der Waals surface area contributed by atoms with Crippen LogP contribution in [0.5, 0.6) is 0 Å². The van der Waals surface area contributed by atoms with Crippen LogP contribution in [-0.2, 0) is 9.53 Å². The average Bonchev–Trinajstić information content (AvgIpc) is 2.90. The second-order valence-electron chi connectivity index (χ2n) is 7.58. The lowest BCUT2D eigenvalue weighted by Gasteiger charge is -2.40. The van der Waals surface area contributed by atoms with E-state index < -0.39 is 11.7 Å². The molecule has 1 aromatic heterocycles. The first-order valence-electron chi connectivity index (χ1n) is 9.40. The molecule has 3 atom stereocenters. The van der Waals surface area contributed by atoms with Gasteiger partial charge >= 0.3 is 0 Å². The number of nitrogens with zero attached hydrogens (tertiary/aromatic N) is 2. The van der Waals surface area contributed by atoms with Gasteiger partial charge < -0.3 is 15.0 Å². The molecular formula is C19H24FN3O3. The largest absolute Gasteiger partial charge is 0.381 e. The number of rotatable bonds is 3. The van der Waals surface area contributed by atoms with Crippen molar-refractivity contribution in [3.63, 3.8) is 0 Å². The Morgan fingerprint density at radius 1 is 1.15 bits per heavy atom. The predicted octanol–water partition coefficient (Wildman–Crippen LogP) is 1.61. The predicted molar refractivity (Wildman–Crippen MR) is 91.8 cm³/mol. The summed E-state index contributed by atoms with van der Waals surface area (Å²) in [4.78, 5) is 30.9. The van der Waals surface area contributed by atoms with E-state index in [0.29, 0.717) is 26.3 Å². The summed E-state index contributed by atoms with van der Waals surface area (Å²) in [6.07, 6.45) is 6.05. The Bertz CT molecular complexity index is 678. The molecule has 2 aliphatic heterocycles. The van der Waals surface area contributed by atoms with E-state index in [-0.39, 0.29) is 35.3 Å². The third kappa shape index (κ3) is 3.32. The van der Waals surface area contributed by atoms with Gasteiger partial charge in [0.15, 0.2) is 5.82 Å². The Morgan fingerprint density at radius 2 is 1.85 bits per heavy atom. The third-order valence-corrected chi connectivity index (χ3v) is 6.03. The Kier molecular flexibility index (Phi) is 4.89. The number of hydrogen-bond donors (Lipinski definition) is 1. The van der Waals surface area contributed by atoms with E-state index in [1.54, 1.807) is 0 Å². The summed E-state index contributed by atoms with van der Waals surface area (Å²) in [6.45, 7) is 2.67. The molecule has 3 aliphatic rings. The van der Waals surface area contributed by atoms with Crippen LogP contribution in [0.1, 0.15) is 36.0 Å². The molecule has 3 fully saturated rings. The zero-order chi connectivity index (χ0) is 18.1. The number of carbonyl (C=O) groups excluding carboxylic acids is 2. The van der Waals surface area contributed by atoms with Gasteiger partial charge in [0.2, 0.25) is 5.91 Å². The van der Waals surface area contributed by atoms with Crippen LogP contribution >= 0.6 is 0 Å². The highest BCUT2D eigenvalue weighted by Gasteiger charge is 2.45. The smallest absolute Gasteiger partial charge is 0.254 e. The van der Waals surface area contributed by atoms with E-state index in [9.17, 15) is 14.0 Å². The Balaban J connectivity index is 1.40. The average molecular weight is 361 g/mol. The number of ether oxygens (including phenoxy) is 1. The van der Waals surface area contributed by atoms with Crippen LogP contribution in [0.2, 0.25) is 0 Å². The number of aromatic nitrogens is 1. The number of carbonyl (C=O) groups is 2. The van der Waals surface area contributed by atoms with E-state index in [1.165, 1.54) is 12.3 Å². The van der Waals surface area contributed by atoms with E-state index in [0.717, 1.165) is 31.9 Å². The highest BCUT2D eigenvalue weighted by Crippen LogP contribution is 2.38. The van der Waals surface area contributed by atoms with Gasteiger partial charge in [0.05, 0.1) is 11.8 Å². The number of fused-ring (bicyclic) bond motifs is 2. The molecule has 26 heavy (non-hydrogen) atoms. The number of nitrogens with one attached hydrogen (secondary N) is 1. The fourth-order valence-electron chi connectivity index (χ4n) is 4.63. The number of pyridine rings is 1. The number of piperidine rings is 1. The number of amides is 2. The van der Waals surface area contributed by atoms with Crippen LogP contribution in [0.4, 0.5) is 4.39 Å². The van der Waals surface area contributed by atoms with Crippen molar-refractivity contribution >= 4 is 11.8 Å². The maximum absolute atomic E-state index is 13.8. The zero-order valence-corrected chi connectivity index (χ0v) is 14.7. The van der Waals surface area contributed by atoms with Crippen LogP contribution in [0, 0.1) is 23.6 Å². The Morgan fingerprint density at radius 3 is 2.50 bits per heavy atom. The standard InChI is InChI=1S/C19H24FN3O3/c20-16-9-21-6-3-15(16)18(24)22-17-13-1-2-14(17)11-23(10-13)19(25)12-4-7-26-8-5-12/h3,6,9,12-14,17H,1-2,4-5,7-8,10-11H2,(H,22,24)/t13-,14+,17?. The first-order chi connectivity index (χ1) is 12.6. The van der Waals surface area contributed by atoms with Gasteiger partial charge in [0.25, 0.3) is 5.91 Å². The quantitative estimate of drug-likeness (QED) is 0.888. The normalized spacial score (nSPS) is 28.8. The van der Waals surface area contributed by atoms with Crippen molar-refractivity contribution in [1.29, 1.82) is 0 Å². The molecule has 2 amide bonds. The van der Waals surface area contributed by atoms with Gasteiger partial charge in [-0.15, -0.1) is 0 Å². The lowest BCUT2D eigenvalue weighted by molar-refractivity contribution is -0.141. The van der Waals surface area contributed by atoms with E-state index in [4.69, 9.17) is 4.74 Å². The van der Waals surface area contributed by atoms with E-state index in [2.05, 4.69) is 10.3 Å². The van der Waals surface area contributed by atoms with Gasteiger partial charge in [-0.05, 0) is 43.6 Å². The molecular weight excluding hydrogens is 337 g/mol. The number of halogens is 1. The maximum Gasteiger partial charge on any atom is 0.254 e. The fourth-order valence-corrected chi connectivity index (χ4v) is 4.63. The molecule has 4 rings (SSSR count). The molecule has 1 aliphatic carbocycles. The molecule has 1 saturated carbocycles.